The van der Waals surface area contributed by atoms with Crippen LogP contribution in [0.25, 0.3) is 0 Å². The monoisotopic (exact) mass is 213 g/mol. The fourth-order valence-corrected chi connectivity index (χ4v) is 1.02. The third-order valence-corrected chi connectivity index (χ3v) is 1.63. The van der Waals surface area contributed by atoms with Crippen LogP contribution < -0.4 is 5.32 Å². The summed E-state index contributed by atoms with van der Waals surface area (Å²) in [4.78, 5) is 21.1. The van der Waals surface area contributed by atoms with E-state index in [1.54, 1.807) is 0 Å². The first-order valence-corrected chi connectivity index (χ1v) is 3.95. The van der Waals surface area contributed by atoms with Crippen LogP contribution in [0.2, 0.25) is 0 Å². The maximum atomic E-state index is 13.2. The van der Waals surface area contributed by atoms with Crippen LogP contribution >= 0.6 is 0 Å². The number of carboxylic acid groups (broad SMARTS) is 1. The van der Waals surface area contributed by atoms with E-state index >= 15 is 0 Å². The molecule has 0 saturated heterocycles. The lowest BCUT2D eigenvalue weighted by Crippen LogP contribution is -2.08. The topological polar surface area (TPSA) is 86.6 Å². The van der Waals surface area contributed by atoms with Crippen molar-refractivity contribution >= 4 is 17.6 Å². The van der Waals surface area contributed by atoms with E-state index < -0.39 is 29.0 Å². The molecule has 5 nitrogen and oxygen atoms in total. The zero-order chi connectivity index (χ0) is 11.6. The van der Waals surface area contributed by atoms with E-state index in [9.17, 15) is 19.1 Å². The maximum absolute atomic E-state index is 13.2. The largest absolute Gasteiger partial charge is 0.507 e. The van der Waals surface area contributed by atoms with Gasteiger partial charge in [0.2, 0.25) is 5.91 Å². The number of amides is 1. The van der Waals surface area contributed by atoms with Crippen molar-refractivity contribution in [2.24, 2.45) is 0 Å². The van der Waals surface area contributed by atoms with Gasteiger partial charge in [-0.3, -0.25) is 4.79 Å². The standard InChI is InChI=1S/C9H8FNO4/c1-4(12)11-7-3-8(13)5(9(14)15)2-6(7)10/h2-3,13H,1H3,(H,11,12)(H,14,15). The molecule has 3 N–H and O–H groups in total. The number of aromatic carboxylic acids is 1. The lowest BCUT2D eigenvalue weighted by molar-refractivity contribution is -0.114. The van der Waals surface area contributed by atoms with E-state index in [-0.39, 0.29) is 5.69 Å². The molecule has 0 unspecified atom stereocenters. The van der Waals surface area contributed by atoms with Crippen molar-refractivity contribution in [3.05, 3.63) is 23.5 Å². The number of hydrogen-bond acceptors (Lipinski definition) is 3. The number of carbonyl (C=O) groups excluding carboxylic acids is 1. The van der Waals surface area contributed by atoms with Crippen molar-refractivity contribution in [2.45, 2.75) is 6.92 Å². The summed E-state index contributed by atoms with van der Waals surface area (Å²) in [5.41, 5.74) is -0.813. The maximum Gasteiger partial charge on any atom is 0.339 e. The molecular weight excluding hydrogens is 205 g/mol. The molecule has 0 atom stereocenters. The second kappa shape index (κ2) is 3.95. The molecule has 0 aromatic heterocycles. The van der Waals surface area contributed by atoms with Gasteiger partial charge < -0.3 is 15.5 Å². The molecule has 6 heteroatoms. The van der Waals surface area contributed by atoms with Crippen LogP contribution in [0.4, 0.5) is 10.1 Å². The number of carboxylic acids is 1. The number of rotatable bonds is 2. The quantitative estimate of drug-likeness (QED) is 0.688. The predicted molar refractivity (Wildman–Crippen MR) is 49.3 cm³/mol. The van der Waals surface area contributed by atoms with Crippen molar-refractivity contribution in [2.75, 3.05) is 5.32 Å². The number of carbonyl (C=O) groups is 2. The van der Waals surface area contributed by atoms with E-state index in [2.05, 4.69) is 5.32 Å². The highest BCUT2D eigenvalue weighted by Crippen LogP contribution is 2.25. The lowest BCUT2D eigenvalue weighted by atomic mass is 10.1. The molecule has 80 valence electrons. The molecule has 15 heavy (non-hydrogen) atoms. The molecule has 0 radical (unpaired) electrons. The van der Waals surface area contributed by atoms with Crippen LogP contribution in [0.15, 0.2) is 12.1 Å². The average molecular weight is 213 g/mol. The average Bonchev–Trinajstić information content (AvgIpc) is 2.09. The van der Waals surface area contributed by atoms with Gasteiger partial charge in [0.05, 0.1) is 5.69 Å². The second-order valence-corrected chi connectivity index (χ2v) is 2.84. The third-order valence-electron chi connectivity index (χ3n) is 1.63. The zero-order valence-electron chi connectivity index (χ0n) is 7.74. The van der Waals surface area contributed by atoms with Crippen LogP contribution in [-0.4, -0.2) is 22.1 Å². The molecule has 0 aliphatic carbocycles. The zero-order valence-corrected chi connectivity index (χ0v) is 7.74. The first-order valence-electron chi connectivity index (χ1n) is 3.95. The molecule has 1 aromatic carbocycles. The number of nitrogens with one attached hydrogen (secondary N) is 1. The number of hydrogen-bond donors (Lipinski definition) is 3. The molecule has 0 fully saturated rings. The van der Waals surface area contributed by atoms with Crippen LogP contribution in [0.5, 0.6) is 5.75 Å². The fraction of sp³-hybridized carbons (Fsp3) is 0.111. The van der Waals surface area contributed by atoms with Gasteiger partial charge >= 0.3 is 5.97 Å². The Balaban J connectivity index is 3.19. The minimum Gasteiger partial charge on any atom is -0.507 e. The molecule has 1 rings (SSSR count). The summed E-state index contributed by atoms with van der Waals surface area (Å²) in [6.07, 6.45) is 0. The Morgan fingerprint density at radius 2 is 2.00 bits per heavy atom. The Bertz CT molecular complexity index is 430. The van der Waals surface area contributed by atoms with Gasteiger partial charge in [0.15, 0.2) is 0 Å². The van der Waals surface area contributed by atoms with E-state index in [1.165, 1.54) is 6.92 Å². The number of aromatic hydroxyl groups is 1. The van der Waals surface area contributed by atoms with Crippen molar-refractivity contribution < 1.29 is 24.2 Å². The highest BCUT2D eigenvalue weighted by molar-refractivity contribution is 5.93. The molecule has 0 spiro atoms. The van der Waals surface area contributed by atoms with Gasteiger partial charge in [0.25, 0.3) is 0 Å². The predicted octanol–water partition coefficient (Wildman–Crippen LogP) is 1.19. The number of anilines is 1. The number of benzene rings is 1. The summed E-state index contributed by atoms with van der Waals surface area (Å²) < 4.78 is 13.2. The smallest absolute Gasteiger partial charge is 0.339 e. The van der Waals surface area contributed by atoms with E-state index in [0.29, 0.717) is 6.07 Å². The highest BCUT2D eigenvalue weighted by atomic mass is 19.1. The first-order chi connectivity index (χ1) is 6.91. The Kier molecular flexibility index (Phi) is 2.89. The van der Waals surface area contributed by atoms with Gasteiger partial charge in [-0.1, -0.05) is 0 Å². The molecule has 0 aliphatic heterocycles. The minimum absolute atomic E-state index is 0.259. The molecule has 1 aromatic rings. The van der Waals surface area contributed by atoms with Gasteiger partial charge in [-0.25, -0.2) is 9.18 Å². The van der Waals surface area contributed by atoms with Crippen molar-refractivity contribution in [3.63, 3.8) is 0 Å². The van der Waals surface area contributed by atoms with Gasteiger partial charge in [0, 0.05) is 13.0 Å². The molecule has 0 heterocycles. The van der Waals surface area contributed by atoms with Crippen molar-refractivity contribution in [3.8, 4) is 5.75 Å². The Morgan fingerprint density at radius 1 is 1.40 bits per heavy atom. The number of phenols is 1. The summed E-state index contributed by atoms with van der Waals surface area (Å²) in [6.45, 7) is 1.17. The Morgan fingerprint density at radius 3 is 2.47 bits per heavy atom. The summed E-state index contributed by atoms with van der Waals surface area (Å²) in [5, 5.41) is 19.9. The van der Waals surface area contributed by atoms with E-state index in [4.69, 9.17) is 5.11 Å². The molecule has 1 amide bonds. The Hall–Kier alpha value is -2.11. The molecule has 0 bridgehead atoms. The SMILES string of the molecule is CC(=O)Nc1cc(O)c(C(=O)O)cc1F. The summed E-state index contributed by atoms with van der Waals surface area (Å²) in [6, 6.07) is 1.49. The van der Waals surface area contributed by atoms with Gasteiger partial charge in [-0.05, 0) is 6.07 Å². The lowest BCUT2D eigenvalue weighted by Gasteiger charge is -2.06. The molecule has 0 saturated carbocycles. The summed E-state index contributed by atoms with van der Waals surface area (Å²) in [5.74, 6) is -3.48. The van der Waals surface area contributed by atoms with Gasteiger partial charge in [-0.2, -0.15) is 0 Å². The minimum atomic E-state index is -1.44. The van der Waals surface area contributed by atoms with Crippen LogP contribution in [0.3, 0.4) is 0 Å². The summed E-state index contributed by atoms with van der Waals surface area (Å²) >= 11 is 0. The van der Waals surface area contributed by atoms with Gasteiger partial charge in [-0.15, -0.1) is 0 Å². The first kappa shape index (κ1) is 11.0. The molecular formula is C9H8FNO4. The third kappa shape index (κ3) is 2.43. The Labute approximate surface area is 84.2 Å². The summed E-state index contributed by atoms with van der Waals surface area (Å²) in [7, 11) is 0. The fourth-order valence-electron chi connectivity index (χ4n) is 1.02. The van der Waals surface area contributed by atoms with E-state index in [0.717, 1.165) is 6.07 Å². The van der Waals surface area contributed by atoms with Gasteiger partial charge in [0.1, 0.15) is 17.1 Å². The van der Waals surface area contributed by atoms with E-state index in [1.807, 2.05) is 0 Å². The number of halogens is 1. The van der Waals surface area contributed by atoms with Crippen LogP contribution in [0, 0.1) is 5.82 Å². The second-order valence-electron chi connectivity index (χ2n) is 2.84. The highest BCUT2D eigenvalue weighted by Gasteiger charge is 2.14. The van der Waals surface area contributed by atoms with Crippen LogP contribution in [0.1, 0.15) is 17.3 Å². The normalized spacial score (nSPS) is 9.73. The van der Waals surface area contributed by atoms with Crippen molar-refractivity contribution in [1.82, 2.24) is 0 Å². The van der Waals surface area contributed by atoms with Crippen molar-refractivity contribution in [1.29, 1.82) is 0 Å². The van der Waals surface area contributed by atoms with Crippen LogP contribution in [-0.2, 0) is 4.79 Å². The molecule has 0 aliphatic rings.